The second-order valence-electron chi connectivity index (χ2n) is 5.22. The predicted molar refractivity (Wildman–Crippen MR) is 96.1 cm³/mol. The van der Waals surface area contributed by atoms with Crippen LogP contribution in [0.2, 0.25) is 6.04 Å². The summed E-state index contributed by atoms with van der Waals surface area (Å²) in [6.45, 7) is 6.92. The number of hydrogen-bond donors (Lipinski definition) is 2. The summed E-state index contributed by atoms with van der Waals surface area (Å²) in [5.74, 6) is 0. The van der Waals surface area contributed by atoms with Crippen molar-refractivity contribution in [3.8, 4) is 0 Å². The predicted octanol–water partition coefficient (Wildman–Crippen LogP) is 2.54. The maximum atomic E-state index is 5.96. The van der Waals surface area contributed by atoms with E-state index in [1.807, 2.05) is 6.07 Å². The Labute approximate surface area is 141 Å². The molecule has 1 aromatic carbocycles. The Morgan fingerprint density at radius 1 is 1.09 bits per heavy atom. The van der Waals surface area contributed by atoms with Crippen molar-refractivity contribution >= 4 is 8.80 Å². The highest BCUT2D eigenvalue weighted by Gasteiger charge is 2.38. The minimum atomic E-state index is -2.52. The highest BCUT2D eigenvalue weighted by Crippen LogP contribution is 2.16. The van der Waals surface area contributed by atoms with Crippen LogP contribution >= 0.6 is 0 Å². The van der Waals surface area contributed by atoms with Gasteiger partial charge in [0.05, 0.1) is 0 Å². The standard InChI is InChI=1S/C17H30N2O3Si/c1-4-18-13-9-15-23(20-2,21-3)22-14-8-12-19-16-17-10-6-5-7-11-17/h4-7,10-11,18-19H,1,8-9,12-16H2,2-3H3. The van der Waals surface area contributed by atoms with Gasteiger partial charge in [-0.2, -0.15) is 0 Å². The van der Waals surface area contributed by atoms with E-state index in [2.05, 4.69) is 41.5 Å². The lowest BCUT2D eigenvalue weighted by atomic mass is 10.2. The molecular formula is C17H30N2O3Si. The first-order valence-corrected chi connectivity index (χ1v) is 10.0. The molecule has 1 aromatic rings. The summed E-state index contributed by atoms with van der Waals surface area (Å²) in [5.41, 5.74) is 1.29. The molecule has 0 aromatic heterocycles. The van der Waals surface area contributed by atoms with E-state index in [0.717, 1.165) is 38.5 Å². The first kappa shape index (κ1) is 19.9. The quantitative estimate of drug-likeness (QED) is 0.403. The van der Waals surface area contributed by atoms with E-state index in [9.17, 15) is 0 Å². The first-order chi connectivity index (χ1) is 11.3. The molecule has 5 nitrogen and oxygen atoms in total. The van der Waals surface area contributed by atoms with Gasteiger partial charge in [0.25, 0.3) is 0 Å². The van der Waals surface area contributed by atoms with Gasteiger partial charge in [-0.25, -0.2) is 0 Å². The summed E-state index contributed by atoms with van der Waals surface area (Å²) in [5, 5.41) is 6.49. The largest absolute Gasteiger partial charge is 0.500 e. The maximum Gasteiger partial charge on any atom is 0.500 e. The van der Waals surface area contributed by atoms with E-state index in [1.165, 1.54) is 5.56 Å². The molecule has 0 heterocycles. The second-order valence-corrected chi connectivity index (χ2v) is 8.19. The molecule has 0 atom stereocenters. The number of nitrogens with one attached hydrogen (secondary N) is 2. The number of benzene rings is 1. The fraction of sp³-hybridized carbons (Fsp3) is 0.529. The van der Waals surface area contributed by atoms with E-state index in [1.54, 1.807) is 20.4 Å². The Hall–Kier alpha value is -1.18. The van der Waals surface area contributed by atoms with Crippen LogP contribution in [0.1, 0.15) is 18.4 Å². The van der Waals surface area contributed by atoms with Crippen LogP contribution in [0.25, 0.3) is 0 Å². The van der Waals surface area contributed by atoms with E-state index in [0.29, 0.717) is 6.61 Å². The summed E-state index contributed by atoms with van der Waals surface area (Å²) in [7, 11) is 0.822. The minimum Gasteiger partial charge on any atom is -0.391 e. The molecule has 1 rings (SSSR count). The summed E-state index contributed by atoms with van der Waals surface area (Å²) in [6, 6.07) is 11.2. The van der Waals surface area contributed by atoms with Gasteiger partial charge in [-0.1, -0.05) is 36.9 Å². The molecule has 2 N–H and O–H groups in total. The molecule has 0 saturated heterocycles. The topological polar surface area (TPSA) is 51.8 Å². The molecule has 0 spiro atoms. The monoisotopic (exact) mass is 338 g/mol. The van der Waals surface area contributed by atoms with Crippen LogP contribution in [-0.4, -0.2) is 42.7 Å². The van der Waals surface area contributed by atoms with Crippen LogP contribution in [0, 0.1) is 0 Å². The van der Waals surface area contributed by atoms with Crippen LogP contribution in [0.5, 0.6) is 0 Å². The van der Waals surface area contributed by atoms with Crippen molar-refractivity contribution in [3.05, 3.63) is 48.7 Å². The van der Waals surface area contributed by atoms with Gasteiger partial charge in [0, 0.05) is 40.0 Å². The third-order valence-electron chi connectivity index (χ3n) is 3.56. The maximum absolute atomic E-state index is 5.96. The summed E-state index contributed by atoms with van der Waals surface area (Å²) >= 11 is 0. The van der Waals surface area contributed by atoms with Crippen LogP contribution in [0.15, 0.2) is 43.1 Å². The molecule has 23 heavy (non-hydrogen) atoms. The third kappa shape index (κ3) is 8.29. The van der Waals surface area contributed by atoms with Gasteiger partial charge in [-0.15, -0.1) is 0 Å². The molecule has 0 aliphatic rings. The molecular weight excluding hydrogens is 308 g/mol. The first-order valence-electron chi connectivity index (χ1n) is 8.09. The zero-order chi connectivity index (χ0) is 16.8. The molecule has 0 unspecified atom stereocenters. The Kier molecular flexibility index (Phi) is 10.6. The average molecular weight is 339 g/mol. The Morgan fingerprint density at radius 2 is 1.83 bits per heavy atom. The number of hydrogen-bond acceptors (Lipinski definition) is 5. The third-order valence-corrected chi connectivity index (χ3v) is 6.42. The fourth-order valence-corrected chi connectivity index (χ4v) is 4.26. The lowest BCUT2D eigenvalue weighted by Gasteiger charge is -2.26. The highest BCUT2D eigenvalue weighted by atomic mass is 28.4. The molecule has 130 valence electrons. The molecule has 0 bridgehead atoms. The van der Waals surface area contributed by atoms with Gasteiger partial charge in [0.15, 0.2) is 0 Å². The lowest BCUT2D eigenvalue weighted by Crippen LogP contribution is -2.44. The van der Waals surface area contributed by atoms with Crippen molar-refractivity contribution in [2.45, 2.75) is 25.4 Å². The Bertz CT molecular complexity index is 414. The molecule has 0 amide bonds. The molecule has 0 radical (unpaired) electrons. The number of rotatable bonds is 14. The minimum absolute atomic E-state index is 0.643. The Morgan fingerprint density at radius 3 is 2.48 bits per heavy atom. The van der Waals surface area contributed by atoms with Crippen LogP contribution < -0.4 is 10.6 Å². The molecule has 0 aliphatic heterocycles. The van der Waals surface area contributed by atoms with E-state index >= 15 is 0 Å². The lowest BCUT2D eigenvalue weighted by molar-refractivity contribution is 0.0965. The molecule has 0 saturated carbocycles. The molecule has 0 fully saturated rings. The van der Waals surface area contributed by atoms with Crippen molar-refractivity contribution in [2.75, 3.05) is 33.9 Å². The zero-order valence-electron chi connectivity index (χ0n) is 14.3. The van der Waals surface area contributed by atoms with Gasteiger partial charge >= 0.3 is 8.80 Å². The normalized spacial score (nSPS) is 11.4. The van der Waals surface area contributed by atoms with Gasteiger partial charge in [-0.3, -0.25) is 0 Å². The van der Waals surface area contributed by atoms with Gasteiger partial charge < -0.3 is 23.9 Å². The second kappa shape index (κ2) is 12.3. The SMILES string of the molecule is C=CNCCC[Si](OC)(OC)OCCCNCc1ccccc1. The summed E-state index contributed by atoms with van der Waals surface area (Å²) in [6.07, 6.45) is 3.56. The van der Waals surface area contributed by atoms with Crippen LogP contribution in [-0.2, 0) is 19.8 Å². The van der Waals surface area contributed by atoms with Crippen molar-refractivity contribution in [1.82, 2.24) is 10.6 Å². The van der Waals surface area contributed by atoms with Gasteiger partial charge in [-0.05, 0) is 31.1 Å². The smallest absolute Gasteiger partial charge is 0.391 e. The Balaban J connectivity index is 2.17. The fourth-order valence-electron chi connectivity index (χ4n) is 2.24. The van der Waals surface area contributed by atoms with Gasteiger partial charge in [0.2, 0.25) is 0 Å². The van der Waals surface area contributed by atoms with Crippen molar-refractivity contribution in [1.29, 1.82) is 0 Å². The molecule has 6 heteroatoms. The van der Waals surface area contributed by atoms with Crippen molar-refractivity contribution < 1.29 is 13.3 Å². The van der Waals surface area contributed by atoms with Crippen molar-refractivity contribution in [3.63, 3.8) is 0 Å². The highest BCUT2D eigenvalue weighted by molar-refractivity contribution is 6.60. The van der Waals surface area contributed by atoms with Gasteiger partial charge in [0.1, 0.15) is 0 Å². The summed E-state index contributed by atoms with van der Waals surface area (Å²) in [4.78, 5) is 0. The zero-order valence-corrected chi connectivity index (χ0v) is 15.3. The van der Waals surface area contributed by atoms with E-state index in [4.69, 9.17) is 13.3 Å². The van der Waals surface area contributed by atoms with Crippen LogP contribution in [0.3, 0.4) is 0 Å². The van der Waals surface area contributed by atoms with Crippen LogP contribution in [0.4, 0.5) is 0 Å². The molecule has 0 aliphatic carbocycles. The summed E-state index contributed by atoms with van der Waals surface area (Å²) < 4.78 is 17.1. The average Bonchev–Trinajstić information content (AvgIpc) is 2.61. The van der Waals surface area contributed by atoms with E-state index < -0.39 is 8.80 Å². The van der Waals surface area contributed by atoms with E-state index in [-0.39, 0.29) is 0 Å². The van der Waals surface area contributed by atoms with Crippen molar-refractivity contribution in [2.24, 2.45) is 0 Å².